The summed E-state index contributed by atoms with van der Waals surface area (Å²) in [6, 6.07) is 15.4. The van der Waals surface area contributed by atoms with Crippen LogP contribution in [0.4, 0.5) is 11.4 Å². The van der Waals surface area contributed by atoms with Crippen LogP contribution >= 0.6 is 0 Å². The van der Waals surface area contributed by atoms with Crippen LogP contribution in [0.5, 0.6) is 0 Å². The molecule has 5 heteroatoms. The van der Waals surface area contributed by atoms with Crippen LogP contribution in [0.3, 0.4) is 0 Å². The van der Waals surface area contributed by atoms with Crippen molar-refractivity contribution in [3.63, 3.8) is 0 Å². The number of azo groups is 1. The molecule has 0 aliphatic rings. The summed E-state index contributed by atoms with van der Waals surface area (Å²) in [5, 5.41) is 11.4. The molecule has 0 saturated carbocycles. The Bertz CT molecular complexity index is 1030. The fraction of sp³-hybridized carbons (Fsp3) is 0.227. The first-order chi connectivity index (χ1) is 12.8. The predicted molar refractivity (Wildman–Crippen MR) is 111 cm³/mol. The molecular weight excluding hydrogens is 336 g/mol. The molecule has 0 amide bonds. The largest absolute Gasteiger partial charge is 0.299 e. The summed E-state index contributed by atoms with van der Waals surface area (Å²) in [6.45, 7) is 12.0. The lowest BCUT2D eigenvalue weighted by Gasteiger charge is -2.19. The maximum atomic E-state index is 12.8. The van der Waals surface area contributed by atoms with Gasteiger partial charge in [-0.15, -0.1) is 5.11 Å². The van der Waals surface area contributed by atoms with Gasteiger partial charge in [0.05, 0.1) is 17.1 Å². The van der Waals surface area contributed by atoms with Crippen LogP contribution in [0.1, 0.15) is 37.6 Å². The van der Waals surface area contributed by atoms with Crippen molar-refractivity contribution in [3.05, 3.63) is 82.3 Å². The van der Waals surface area contributed by atoms with E-state index in [1.165, 1.54) is 10.2 Å². The molecule has 0 saturated heterocycles. The van der Waals surface area contributed by atoms with Crippen molar-refractivity contribution in [1.29, 1.82) is 0 Å². The molecule has 1 N–H and O–H groups in total. The van der Waals surface area contributed by atoms with Gasteiger partial charge in [0.25, 0.3) is 5.56 Å². The van der Waals surface area contributed by atoms with Crippen molar-refractivity contribution in [2.45, 2.75) is 33.1 Å². The zero-order valence-corrected chi connectivity index (χ0v) is 16.2. The Morgan fingerprint density at radius 1 is 1.00 bits per heavy atom. The van der Waals surface area contributed by atoms with Gasteiger partial charge < -0.3 is 0 Å². The maximum absolute atomic E-state index is 12.8. The lowest BCUT2D eigenvalue weighted by molar-refractivity contribution is 0.590. The summed E-state index contributed by atoms with van der Waals surface area (Å²) < 4.78 is 1.50. The van der Waals surface area contributed by atoms with E-state index < -0.39 is 0 Å². The van der Waals surface area contributed by atoms with E-state index >= 15 is 0 Å². The highest BCUT2D eigenvalue weighted by Gasteiger charge is 2.15. The van der Waals surface area contributed by atoms with E-state index in [2.05, 4.69) is 42.7 Å². The summed E-state index contributed by atoms with van der Waals surface area (Å²) in [5.41, 5.74) is 4.50. The minimum atomic E-state index is -0.220. The molecule has 0 aliphatic heterocycles. The smallest absolute Gasteiger partial charge is 0.293 e. The summed E-state index contributed by atoms with van der Waals surface area (Å²) in [5.74, 6) is 0. The van der Waals surface area contributed by atoms with E-state index in [1.807, 2.05) is 55.5 Å². The van der Waals surface area contributed by atoms with Crippen LogP contribution < -0.4 is 5.56 Å². The van der Waals surface area contributed by atoms with Gasteiger partial charge in [-0.2, -0.15) is 5.11 Å². The molecule has 138 valence electrons. The fourth-order valence-electron chi connectivity index (χ4n) is 2.73. The zero-order valence-electron chi connectivity index (χ0n) is 16.2. The Morgan fingerprint density at radius 2 is 1.63 bits per heavy atom. The molecule has 0 fully saturated rings. The first-order valence-corrected chi connectivity index (χ1v) is 8.86. The number of nitrogens with zero attached hydrogens (tertiary/aromatic N) is 3. The van der Waals surface area contributed by atoms with Crippen LogP contribution in [-0.2, 0) is 5.41 Å². The highest BCUT2D eigenvalue weighted by Crippen LogP contribution is 2.24. The third kappa shape index (κ3) is 3.97. The van der Waals surface area contributed by atoms with E-state index in [1.54, 1.807) is 6.08 Å². The normalized spacial score (nSPS) is 11.9. The highest BCUT2D eigenvalue weighted by atomic mass is 16.1. The van der Waals surface area contributed by atoms with Crippen molar-refractivity contribution in [2.24, 2.45) is 10.2 Å². The number of hydrogen-bond acceptors (Lipinski definition) is 3. The van der Waals surface area contributed by atoms with Crippen LogP contribution in [-0.4, -0.2) is 9.78 Å². The van der Waals surface area contributed by atoms with E-state index in [0.717, 1.165) is 11.3 Å². The standard InChI is InChI=1S/C22H24N4O/c1-6-16-7-11-18(12-8-16)23-24-20-15(2)25-26(21(20)27)19-13-9-17(10-14-19)22(3,4)5/h6-14,25H,1H2,2-5H3/b24-23+. The van der Waals surface area contributed by atoms with Gasteiger partial charge in [0.1, 0.15) is 0 Å². The van der Waals surface area contributed by atoms with Crippen molar-refractivity contribution in [2.75, 3.05) is 0 Å². The van der Waals surface area contributed by atoms with Crippen molar-refractivity contribution in [1.82, 2.24) is 9.78 Å². The number of aromatic amines is 1. The Hall–Kier alpha value is -3.21. The number of hydrogen-bond donors (Lipinski definition) is 1. The number of rotatable bonds is 4. The average Bonchev–Trinajstić information content (AvgIpc) is 2.94. The molecule has 1 aromatic heterocycles. The molecule has 0 unspecified atom stereocenters. The van der Waals surface area contributed by atoms with Crippen LogP contribution in [0.25, 0.3) is 11.8 Å². The van der Waals surface area contributed by atoms with Gasteiger partial charge >= 0.3 is 0 Å². The van der Waals surface area contributed by atoms with E-state index in [4.69, 9.17) is 0 Å². The van der Waals surface area contributed by atoms with Gasteiger partial charge in [0.15, 0.2) is 5.69 Å². The topological polar surface area (TPSA) is 62.5 Å². The molecule has 27 heavy (non-hydrogen) atoms. The molecule has 3 rings (SSSR count). The van der Waals surface area contributed by atoms with Gasteiger partial charge in [-0.05, 0) is 47.7 Å². The van der Waals surface area contributed by atoms with Crippen LogP contribution in [0, 0.1) is 6.92 Å². The Balaban J connectivity index is 1.91. The molecular formula is C22H24N4O. The van der Waals surface area contributed by atoms with E-state index in [9.17, 15) is 4.79 Å². The molecule has 5 nitrogen and oxygen atoms in total. The predicted octanol–water partition coefficient (Wildman–Crippen LogP) is 5.83. The minimum Gasteiger partial charge on any atom is -0.293 e. The lowest BCUT2D eigenvalue weighted by Crippen LogP contribution is -2.15. The minimum absolute atomic E-state index is 0.0651. The number of benzene rings is 2. The van der Waals surface area contributed by atoms with Crippen molar-refractivity contribution >= 4 is 17.5 Å². The quantitative estimate of drug-likeness (QED) is 0.585. The van der Waals surface area contributed by atoms with Crippen molar-refractivity contribution in [3.8, 4) is 5.69 Å². The van der Waals surface area contributed by atoms with Crippen LogP contribution in [0.2, 0.25) is 0 Å². The van der Waals surface area contributed by atoms with Crippen molar-refractivity contribution < 1.29 is 0 Å². The molecule has 0 spiro atoms. The van der Waals surface area contributed by atoms with E-state index in [-0.39, 0.29) is 11.0 Å². The summed E-state index contributed by atoms with van der Waals surface area (Å²) in [7, 11) is 0. The molecule has 0 bridgehead atoms. The van der Waals surface area contributed by atoms with Gasteiger partial charge in [-0.1, -0.05) is 57.7 Å². The Kier molecular flexibility index (Phi) is 4.95. The third-order valence-corrected chi connectivity index (χ3v) is 4.43. The van der Waals surface area contributed by atoms with Gasteiger partial charge in [0, 0.05) is 0 Å². The Morgan fingerprint density at radius 3 is 2.19 bits per heavy atom. The summed E-state index contributed by atoms with van der Waals surface area (Å²) in [4.78, 5) is 12.8. The number of aromatic nitrogens is 2. The summed E-state index contributed by atoms with van der Waals surface area (Å²) in [6.07, 6.45) is 1.76. The second-order valence-corrected chi connectivity index (χ2v) is 7.52. The molecule has 0 aliphatic carbocycles. The fourth-order valence-corrected chi connectivity index (χ4v) is 2.73. The Labute approximate surface area is 159 Å². The molecule has 1 heterocycles. The zero-order chi connectivity index (χ0) is 19.6. The van der Waals surface area contributed by atoms with Gasteiger partial charge in [-0.25, -0.2) is 4.68 Å². The SMILES string of the molecule is C=Cc1ccc(/N=N/c2c(C)[nH]n(-c3ccc(C(C)(C)C)cc3)c2=O)cc1. The molecule has 0 radical (unpaired) electrons. The van der Waals surface area contributed by atoms with Gasteiger partial charge in [-0.3, -0.25) is 9.89 Å². The first-order valence-electron chi connectivity index (χ1n) is 8.86. The van der Waals surface area contributed by atoms with Gasteiger partial charge in [0.2, 0.25) is 0 Å². The second-order valence-electron chi connectivity index (χ2n) is 7.52. The number of aryl methyl sites for hydroxylation is 1. The molecule has 3 aromatic rings. The summed E-state index contributed by atoms with van der Waals surface area (Å²) >= 11 is 0. The number of H-pyrrole nitrogens is 1. The third-order valence-electron chi connectivity index (χ3n) is 4.43. The first kappa shape index (κ1) is 18.6. The average molecular weight is 360 g/mol. The molecule has 0 atom stereocenters. The molecule has 2 aromatic carbocycles. The monoisotopic (exact) mass is 360 g/mol. The second kappa shape index (κ2) is 7.19. The maximum Gasteiger partial charge on any atom is 0.299 e. The number of nitrogens with one attached hydrogen (secondary N) is 1. The van der Waals surface area contributed by atoms with Crippen LogP contribution in [0.15, 0.2) is 70.1 Å². The van der Waals surface area contributed by atoms with E-state index in [0.29, 0.717) is 17.1 Å². The highest BCUT2D eigenvalue weighted by molar-refractivity contribution is 5.51. The lowest BCUT2D eigenvalue weighted by atomic mass is 9.87.